The van der Waals surface area contributed by atoms with E-state index < -0.39 is 0 Å². The van der Waals surface area contributed by atoms with Gasteiger partial charge in [-0.05, 0) is 43.6 Å². The maximum Gasteiger partial charge on any atom is 0.119 e. The van der Waals surface area contributed by atoms with Crippen LogP contribution in [0.15, 0.2) is 24.3 Å². The van der Waals surface area contributed by atoms with E-state index in [0.717, 1.165) is 45.0 Å². The van der Waals surface area contributed by atoms with Crippen molar-refractivity contribution in [2.45, 2.75) is 26.7 Å². The van der Waals surface area contributed by atoms with Crippen LogP contribution in [0, 0.1) is 0 Å². The molecule has 1 aromatic carbocycles. The fourth-order valence-corrected chi connectivity index (χ4v) is 1.51. The van der Waals surface area contributed by atoms with Crippen LogP contribution in [0.1, 0.15) is 25.8 Å². The summed E-state index contributed by atoms with van der Waals surface area (Å²) in [6, 6.07) is 8.34. The van der Waals surface area contributed by atoms with E-state index in [1.54, 1.807) is 0 Å². The summed E-state index contributed by atoms with van der Waals surface area (Å²) in [6.07, 6.45) is 2.11. The minimum absolute atomic E-state index is 0.768. The summed E-state index contributed by atoms with van der Waals surface area (Å²) in [5, 5.41) is 6.52. The third-order valence-electron chi connectivity index (χ3n) is 2.60. The molecule has 96 valence electrons. The Balaban J connectivity index is 2.05. The molecule has 0 fully saturated rings. The molecule has 2 N–H and O–H groups in total. The topological polar surface area (TPSA) is 33.3 Å². The summed E-state index contributed by atoms with van der Waals surface area (Å²) >= 11 is 0. The quantitative estimate of drug-likeness (QED) is 0.509. The van der Waals surface area contributed by atoms with Crippen LogP contribution >= 0.6 is 0 Å². The number of benzene rings is 1. The fraction of sp³-hybridized carbons (Fsp3) is 0.571. The molecule has 0 atom stereocenters. The van der Waals surface area contributed by atoms with Crippen molar-refractivity contribution in [3.8, 4) is 5.75 Å². The highest BCUT2D eigenvalue weighted by atomic mass is 16.5. The summed E-state index contributed by atoms with van der Waals surface area (Å²) in [5.74, 6) is 0.967. The number of ether oxygens (including phenoxy) is 1. The summed E-state index contributed by atoms with van der Waals surface area (Å²) in [7, 11) is 0. The van der Waals surface area contributed by atoms with E-state index in [9.17, 15) is 0 Å². The zero-order valence-corrected chi connectivity index (χ0v) is 11.0. The van der Waals surface area contributed by atoms with Crippen molar-refractivity contribution in [1.29, 1.82) is 0 Å². The van der Waals surface area contributed by atoms with Crippen LogP contribution in [0.4, 0.5) is 0 Å². The zero-order chi connectivity index (χ0) is 12.3. The Morgan fingerprint density at radius 3 is 2.47 bits per heavy atom. The van der Waals surface area contributed by atoms with E-state index >= 15 is 0 Å². The molecule has 0 unspecified atom stereocenters. The van der Waals surface area contributed by atoms with Crippen LogP contribution in [0.25, 0.3) is 0 Å². The maximum absolute atomic E-state index is 5.65. The van der Waals surface area contributed by atoms with Gasteiger partial charge >= 0.3 is 0 Å². The second kappa shape index (κ2) is 9.02. The second-order valence-electron chi connectivity index (χ2n) is 3.98. The van der Waals surface area contributed by atoms with Gasteiger partial charge in [0.15, 0.2) is 0 Å². The standard InChI is InChI=1S/C14H24N2O/c1-3-13-6-8-14(9-7-13)17-11-5-10-16-12-15-4-2/h6-9,15-16H,3-5,10-12H2,1-2H3. The molecule has 0 aliphatic carbocycles. The first-order valence-corrected chi connectivity index (χ1v) is 6.50. The molecule has 0 radical (unpaired) electrons. The molecular formula is C14H24N2O. The lowest BCUT2D eigenvalue weighted by Gasteiger charge is -2.08. The number of nitrogens with one attached hydrogen (secondary N) is 2. The molecule has 0 saturated heterocycles. The lowest BCUT2D eigenvalue weighted by molar-refractivity contribution is 0.307. The van der Waals surface area contributed by atoms with Gasteiger partial charge in [0.1, 0.15) is 5.75 Å². The molecule has 0 heterocycles. The Kier molecular flexibility index (Phi) is 7.43. The Bertz CT molecular complexity index is 285. The number of hydrogen-bond acceptors (Lipinski definition) is 3. The van der Waals surface area contributed by atoms with E-state index in [1.165, 1.54) is 5.56 Å². The summed E-state index contributed by atoms with van der Waals surface area (Å²) in [4.78, 5) is 0. The van der Waals surface area contributed by atoms with Gasteiger partial charge in [-0.3, -0.25) is 0 Å². The Labute approximate surface area is 105 Å². The van der Waals surface area contributed by atoms with Crippen LogP contribution in [0.3, 0.4) is 0 Å². The molecule has 0 saturated carbocycles. The van der Waals surface area contributed by atoms with Crippen molar-refractivity contribution in [3.63, 3.8) is 0 Å². The van der Waals surface area contributed by atoms with Gasteiger partial charge in [0, 0.05) is 6.67 Å². The minimum Gasteiger partial charge on any atom is -0.494 e. The van der Waals surface area contributed by atoms with Crippen molar-refractivity contribution < 1.29 is 4.74 Å². The summed E-state index contributed by atoms with van der Waals surface area (Å²) in [5.41, 5.74) is 1.35. The van der Waals surface area contributed by atoms with Crippen molar-refractivity contribution in [2.24, 2.45) is 0 Å². The molecule has 3 nitrogen and oxygen atoms in total. The van der Waals surface area contributed by atoms with Gasteiger partial charge in [-0.25, -0.2) is 0 Å². The largest absolute Gasteiger partial charge is 0.494 e. The van der Waals surface area contributed by atoms with Gasteiger partial charge in [-0.1, -0.05) is 26.0 Å². The molecule has 0 aliphatic heterocycles. The van der Waals surface area contributed by atoms with Gasteiger partial charge in [0.25, 0.3) is 0 Å². The first-order chi connectivity index (χ1) is 8.36. The van der Waals surface area contributed by atoms with Crippen LogP contribution in [-0.2, 0) is 6.42 Å². The van der Waals surface area contributed by atoms with Crippen molar-refractivity contribution in [3.05, 3.63) is 29.8 Å². The second-order valence-corrected chi connectivity index (χ2v) is 3.98. The molecular weight excluding hydrogens is 212 g/mol. The average Bonchev–Trinajstić information content (AvgIpc) is 2.38. The molecule has 1 rings (SSSR count). The van der Waals surface area contributed by atoms with Crippen LogP contribution < -0.4 is 15.4 Å². The highest BCUT2D eigenvalue weighted by Gasteiger charge is 1.94. The first-order valence-electron chi connectivity index (χ1n) is 6.50. The van der Waals surface area contributed by atoms with E-state index in [4.69, 9.17) is 4.74 Å². The normalized spacial score (nSPS) is 10.5. The Hall–Kier alpha value is -1.06. The molecule has 0 bridgehead atoms. The Morgan fingerprint density at radius 1 is 1.06 bits per heavy atom. The lowest BCUT2D eigenvalue weighted by Crippen LogP contribution is -2.29. The monoisotopic (exact) mass is 236 g/mol. The molecule has 0 amide bonds. The van der Waals surface area contributed by atoms with Gasteiger partial charge in [0.05, 0.1) is 6.61 Å². The summed E-state index contributed by atoms with van der Waals surface area (Å²) < 4.78 is 5.65. The first kappa shape index (κ1) is 14.0. The van der Waals surface area contributed by atoms with E-state index in [-0.39, 0.29) is 0 Å². The van der Waals surface area contributed by atoms with E-state index in [0.29, 0.717) is 0 Å². The van der Waals surface area contributed by atoms with Crippen LogP contribution in [-0.4, -0.2) is 26.4 Å². The van der Waals surface area contributed by atoms with Gasteiger partial charge < -0.3 is 15.4 Å². The summed E-state index contributed by atoms with van der Waals surface area (Å²) in [6.45, 7) is 7.90. The highest BCUT2D eigenvalue weighted by Crippen LogP contribution is 2.12. The van der Waals surface area contributed by atoms with Crippen molar-refractivity contribution in [2.75, 3.05) is 26.4 Å². The van der Waals surface area contributed by atoms with Gasteiger partial charge in [-0.15, -0.1) is 0 Å². The smallest absolute Gasteiger partial charge is 0.119 e. The average molecular weight is 236 g/mol. The van der Waals surface area contributed by atoms with Gasteiger partial charge in [0.2, 0.25) is 0 Å². The predicted octanol–water partition coefficient (Wildman–Crippen LogP) is 2.17. The van der Waals surface area contributed by atoms with Gasteiger partial charge in [-0.2, -0.15) is 0 Å². The molecule has 0 aliphatic rings. The number of aryl methyl sites for hydroxylation is 1. The zero-order valence-electron chi connectivity index (χ0n) is 11.0. The predicted molar refractivity (Wildman–Crippen MR) is 72.5 cm³/mol. The molecule has 3 heteroatoms. The van der Waals surface area contributed by atoms with Crippen molar-refractivity contribution >= 4 is 0 Å². The number of rotatable bonds is 9. The third kappa shape index (κ3) is 6.29. The van der Waals surface area contributed by atoms with Crippen molar-refractivity contribution in [1.82, 2.24) is 10.6 Å². The third-order valence-corrected chi connectivity index (χ3v) is 2.60. The van der Waals surface area contributed by atoms with E-state index in [1.807, 2.05) is 12.1 Å². The molecule has 0 aromatic heterocycles. The fourth-order valence-electron chi connectivity index (χ4n) is 1.51. The highest BCUT2D eigenvalue weighted by molar-refractivity contribution is 5.27. The minimum atomic E-state index is 0.768. The maximum atomic E-state index is 5.65. The molecule has 0 spiro atoms. The van der Waals surface area contributed by atoms with Crippen LogP contribution in [0.5, 0.6) is 5.75 Å². The lowest BCUT2D eigenvalue weighted by atomic mass is 10.2. The molecule has 17 heavy (non-hydrogen) atoms. The van der Waals surface area contributed by atoms with E-state index in [2.05, 4.69) is 36.6 Å². The SMILES string of the molecule is CCNCNCCCOc1ccc(CC)cc1. The molecule has 1 aromatic rings. The Morgan fingerprint density at radius 2 is 1.82 bits per heavy atom. The van der Waals surface area contributed by atoms with Crippen LogP contribution in [0.2, 0.25) is 0 Å². The number of hydrogen-bond donors (Lipinski definition) is 2.